The van der Waals surface area contributed by atoms with Crippen molar-refractivity contribution in [2.45, 2.75) is 6.42 Å². The maximum atomic E-state index is 8.52. The Balaban J connectivity index is 2.82. The van der Waals surface area contributed by atoms with Crippen molar-refractivity contribution in [3.63, 3.8) is 0 Å². The number of aromatic nitrogens is 1. The van der Waals surface area contributed by atoms with E-state index in [1.54, 1.807) is 25.6 Å². The highest BCUT2D eigenvalue weighted by molar-refractivity contribution is 5.43. The number of hydrogen-bond acceptors (Lipinski definition) is 3. The molecular formula is C10H11NO2. The Morgan fingerprint density at radius 3 is 3.15 bits per heavy atom. The van der Waals surface area contributed by atoms with Crippen LogP contribution in [0.15, 0.2) is 18.5 Å². The summed E-state index contributed by atoms with van der Waals surface area (Å²) in [5.74, 6) is 6.37. The molecule has 3 nitrogen and oxygen atoms in total. The van der Waals surface area contributed by atoms with E-state index in [9.17, 15) is 0 Å². The molecule has 0 radical (unpaired) electrons. The van der Waals surface area contributed by atoms with Gasteiger partial charge in [0.1, 0.15) is 0 Å². The van der Waals surface area contributed by atoms with E-state index in [0.29, 0.717) is 12.2 Å². The van der Waals surface area contributed by atoms with Crippen LogP contribution in [0.5, 0.6) is 5.75 Å². The van der Waals surface area contributed by atoms with Gasteiger partial charge in [0.2, 0.25) is 0 Å². The molecule has 68 valence electrons. The van der Waals surface area contributed by atoms with Crippen molar-refractivity contribution in [2.24, 2.45) is 0 Å². The summed E-state index contributed by atoms with van der Waals surface area (Å²) < 4.78 is 5.05. The fourth-order valence-corrected chi connectivity index (χ4v) is 0.860. The molecule has 0 saturated heterocycles. The fourth-order valence-electron chi connectivity index (χ4n) is 0.860. The Bertz CT molecular complexity index is 325. The van der Waals surface area contributed by atoms with Gasteiger partial charge in [-0.15, -0.1) is 0 Å². The lowest BCUT2D eigenvalue weighted by molar-refractivity contribution is 0.305. The summed E-state index contributed by atoms with van der Waals surface area (Å²) >= 11 is 0. The van der Waals surface area contributed by atoms with Gasteiger partial charge in [0, 0.05) is 12.6 Å². The molecule has 1 rings (SSSR count). The fraction of sp³-hybridized carbons (Fsp3) is 0.300. The average Bonchev–Trinajstić information content (AvgIpc) is 2.19. The van der Waals surface area contributed by atoms with Crippen LogP contribution in [0.25, 0.3) is 0 Å². The van der Waals surface area contributed by atoms with Crippen LogP contribution in [-0.2, 0) is 0 Å². The maximum absolute atomic E-state index is 8.52. The normalized spacial score (nSPS) is 8.77. The molecule has 0 aromatic carbocycles. The van der Waals surface area contributed by atoms with Gasteiger partial charge < -0.3 is 9.84 Å². The van der Waals surface area contributed by atoms with Crippen molar-refractivity contribution < 1.29 is 9.84 Å². The van der Waals surface area contributed by atoms with Gasteiger partial charge in [0.25, 0.3) is 0 Å². The Kier molecular flexibility index (Phi) is 3.80. The molecule has 0 bridgehead atoms. The second-order valence-electron chi connectivity index (χ2n) is 2.35. The van der Waals surface area contributed by atoms with Crippen molar-refractivity contribution >= 4 is 0 Å². The summed E-state index contributed by atoms with van der Waals surface area (Å²) in [5.41, 5.74) is 0.797. The van der Waals surface area contributed by atoms with Crippen molar-refractivity contribution in [1.82, 2.24) is 4.98 Å². The molecule has 0 aliphatic rings. The molecule has 0 unspecified atom stereocenters. The molecule has 1 N–H and O–H groups in total. The van der Waals surface area contributed by atoms with Crippen LogP contribution in [0.2, 0.25) is 0 Å². The lowest BCUT2D eigenvalue weighted by atomic mass is 10.2. The van der Waals surface area contributed by atoms with Gasteiger partial charge in [-0.1, -0.05) is 11.8 Å². The van der Waals surface area contributed by atoms with Gasteiger partial charge in [-0.3, -0.25) is 4.98 Å². The zero-order valence-corrected chi connectivity index (χ0v) is 7.45. The summed E-state index contributed by atoms with van der Waals surface area (Å²) in [6.45, 7) is 0.0837. The Labute approximate surface area is 77.4 Å². The number of hydrogen-bond donors (Lipinski definition) is 1. The zero-order chi connectivity index (χ0) is 9.52. The third-order valence-electron chi connectivity index (χ3n) is 1.46. The maximum Gasteiger partial charge on any atom is 0.152 e. The molecule has 0 aliphatic carbocycles. The molecular weight excluding hydrogens is 166 g/mol. The van der Waals surface area contributed by atoms with Crippen LogP contribution >= 0.6 is 0 Å². The molecule has 0 spiro atoms. The minimum absolute atomic E-state index is 0.0837. The predicted octanol–water partition coefficient (Wildman–Crippen LogP) is 0.824. The zero-order valence-electron chi connectivity index (χ0n) is 7.45. The van der Waals surface area contributed by atoms with Gasteiger partial charge in [-0.2, -0.15) is 0 Å². The molecule has 1 aromatic rings. The monoisotopic (exact) mass is 177 g/mol. The highest BCUT2D eigenvalue weighted by Crippen LogP contribution is 2.13. The van der Waals surface area contributed by atoms with E-state index < -0.39 is 0 Å². The van der Waals surface area contributed by atoms with E-state index in [0.717, 1.165) is 5.56 Å². The summed E-state index contributed by atoms with van der Waals surface area (Å²) in [6.07, 6.45) is 3.75. The smallest absolute Gasteiger partial charge is 0.152 e. The minimum Gasteiger partial charge on any atom is -0.494 e. The minimum atomic E-state index is 0.0837. The van der Waals surface area contributed by atoms with Crippen molar-refractivity contribution in [3.05, 3.63) is 24.0 Å². The van der Waals surface area contributed by atoms with E-state index in [4.69, 9.17) is 9.84 Å². The molecule has 0 saturated carbocycles. The van der Waals surface area contributed by atoms with Crippen LogP contribution in [0, 0.1) is 11.8 Å². The second-order valence-corrected chi connectivity index (χ2v) is 2.35. The van der Waals surface area contributed by atoms with Gasteiger partial charge >= 0.3 is 0 Å². The summed E-state index contributed by atoms with van der Waals surface area (Å²) in [5, 5.41) is 8.52. The summed E-state index contributed by atoms with van der Waals surface area (Å²) in [4.78, 5) is 3.90. The first-order chi connectivity index (χ1) is 6.38. The summed E-state index contributed by atoms with van der Waals surface area (Å²) in [6, 6.07) is 1.78. The van der Waals surface area contributed by atoms with Gasteiger partial charge in [-0.25, -0.2) is 0 Å². The third kappa shape index (κ3) is 2.77. The topological polar surface area (TPSA) is 42.4 Å². The summed E-state index contributed by atoms with van der Waals surface area (Å²) in [7, 11) is 1.58. The third-order valence-corrected chi connectivity index (χ3v) is 1.46. The first-order valence-corrected chi connectivity index (χ1v) is 3.96. The number of aliphatic hydroxyl groups excluding tert-OH is 1. The van der Waals surface area contributed by atoms with Crippen molar-refractivity contribution in [2.75, 3.05) is 13.7 Å². The molecule has 0 aliphatic heterocycles. The molecule has 0 amide bonds. The average molecular weight is 177 g/mol. The molecule has 1 heterocycles. The van der Waals surface area contributed by atoms with E-state index >= 15 is 0 Å². The van der Waals surface area contributed by atoms with Gasteiger partial charge in [-0.05, 0) is 6.07 Å². The first-order valence-electron chi connectivity index (χ1n) is 3.96. The largest absolute Gasteiger partial charge is 0.494 e. The SMILES string of the molecule is COc1cnccc1C#CCCO. The van der Waals surface area contributed by atoms with E-state index in [2.05, 4.69) is 16.8 Å². The molecule has 3 heteroatoms. The Morgan fingerprint density at radius 1 is 1.62 bits per heavy atom. The standard InChI is InChI=1S/C10H11NO2/c1-13-10-8-11-6-5-9(10)4-2-3-7-12/h5-6,8,12H,3,7H2,1H3. The molecule has 1 aromatic heterocycles. The van der Waals surface area contributed by atoms with Gasteiger partial charge in [0.15, 0.2) is 5.75 Å². The number of pyridine rings is 1. The first kappa shape index (κ1) is 9.56. The van der Waals surface area contributed by atoms with E-state index in [-0.39, 0.29) is 6.61 Å². The van der Waals surface area contributed by atoms with E-state index in [1.807, 2.05) is 0 Å². The van der Waals surface area contributed by atoms with Crippen LogP contribution in [-0.4, -0.2) is 23.8 Å². The number of aliphatic hydroxyl groups is 1. The van der Waals surface area contributed by atoms with Crippen molar-refractivity contribution in [3.8, 4) is 17.6 Å². The number of methoxy groups -OCH3 is 1. The lowest BCUT2D eigenvalue weighted by Gasteiger charge is -1.99. The number of nitrogens with zero attached hydrogens (tertiary/aromatic N) is 1. The number of rotatable bonds is 2. The number of ether oxygens (including phenoxy) is 1. The second kappa shape index (κ2) is 5.18. The molecule has 13 heavy (non-hydrogen) atoms. The van der Waals surface area contributed by atoms with Crippen LogP contribution in [0.4, 0.5) is 0 Å². The van der Waals surface area contributed by atoms with Crippen LogP contribution < -0.4 is 4.74 Å². The Morgan fingerprint density at radius 2 is 2.46 bits per heavy atom. The lowest BCUT2D eigenvalue weighted by Crippen LogP contribution is -1.88. The van der Waals surface area contributed by atoms with Crippen LogP contribution in [0.1, 0.15) is 12.0 Å². The molecule has 0 fully saturated rings. The van der Waals surface area contributed by atoms with Crippen LogP contribution in [0.3, 0.4) is 0 Å². The predicted molar refractivity (Wildman–Crippen MR) is 49.4 cm³/mol. The van der Waals surface area contributed by atoms with Crippen molar-refractivity contribution in [1.29, 1.82) is 0 Å². The molecule has 0 atom stereocenters. The quantitative estimate of drug-likeness (QED) is 0.680. The highest BCUT2D eigenvalue weighted by Gasteiger charge is 1.96. The van der Waals surface area contributed by atoms with Gasteiger partial charge in [0.05, 0.1) is 25.5 Å². The van der Waals surface area contributed by atoms with E-state index in [1.165, 1.54) is 0 Å². The Hall–Kier alpha value is -1.53. The highest BCUT2D eigenvalue weighted by atomic mass is 16.5.